The molecule has 0 amide bonds. The smallest absolute Gasteiger partial charge is 0.294 e. The quantitative estimate of drug-likeness (QED) is 0.474. The summed E-state index contributed by atoms with van der Waals surface area (Å²) in [4.78, 5) is 0. The predicted molar refractivity (Wildman–Crippen MR) is 31.3 cm³/mol. The van der Waals surface area contributed by atoms with E-state index in [4.69, 9.17) is 5.73 Å². The van der Waals surface area contributed by atoms with Gasteiger partial charge in [0.1, 0.15) is 0 Å². The first-order valence-electron chi connectivity index (χ1n) is 2.65. The molecular formula is C2H3N9. The Morgan fingerprint density at radius 3 is 2.82 bits per heavy atom. The Bertz CT molecular complexity index is 330. The molecular weight excluding hydrogens is 150 g/mol. The minimum absolute atomic E-state index is 0.117. The van der Waals surface area contributed by atoms with Gasteiger partial charge in [-0.1, -0.05) is 10.2 Å². The van der Waals surface area contributed by atoms with Gasteiger partial charge >= 0.3 is 0 Å². The maximum atomic E-state index is 5.34. The third-order valence-electron chi connectivity index (χ3n) is 1.02. The van der Waals surface area contributed by atoms with Crippen LogP contribution in [0, 0.1) is 0 Å². The maximum absolute atomic E-state index is 5.34. The molecule has 0 saturated carbocycles. The molecule has 2 aromatic rings. The van der Waals surface area contributed by atoms with Gasteiger partial charge in [-0.3, -0.25) is 0 Å². The molecule has 0 fully saturated rings. The van der Waals surface area contributed by atoms with E-state index < -0.39 is 0 Å². The van der Waals surface area contributed by atoms with Crippen LogP contribution in [0.25, 0.3) is 5.95 Å². The van der Waals surface area contributed by atoms with Crippen molar-refractivity contribution in [2.24, 2.45) is 0 Å². The van der Waals surface area contributed by atoms with Crippen molar-refractivity contribution in [2.45, 2.75) is 0 Å². The van der Waals surface area contributed by atoms with Crippen LogP contribution in [0.3, 0.4) is 0 Å². The Balaban J connectivity index is 2.53. The lowest BCUT2D eigenvalue weighted by molar-refractivity contribution is 0.754. The zero-order valence-electron chi connectivity index (χ0n) is 5.21. The fourth-order valence-electron chi connectivity index (χ4n) is 0.583. The van der Waals surface area contributed by atoms with E-state index in [9.17, 15) is 0 Å². The number of nitrogens with one attached hydrogen (secondary N) is 1. The van der Waals surface area contributed by atoms with Crippen LogP contribution in [0.4, 0.5) is 5.95 Å². The van der Waals surface area contributed by atoms with Crippen molar-refractivity contribution in [3.8, 4) is 5.95 Å². The van der Waals surface area contributed by atoms with Gasteiger partial charge in [-0.15, -0.1) is 9.78 Å². The molecule has 2 aromatic heterocycles. The minimum atomic E-state index is 0.117. The van der Waals surface area contributed by atoms with Crippen molar-refractivity contribution >= 4 is 5.95 Å². The monoisotopic (exact) mass is 153 g/mol. The number of nitrogen functional groups attached to an aromatic ring is 1. The Kier molecular flexibility index (Phi) is 1.02. The van der Waals surface area contributed by atoms with Gasteiger partial charge in [0.25, 0.3) is 5.95 Å². The number of tetrazole rings is 2. The highest BCUT2D eigenvalue weighted by atomic mass is 15.6. The highest BCUT2D eigenvalue weighted by Gasteiger charge is 2.06. The first-order valence-corrected chi connectivity index (χ1v) is 2.65. The molecule has 0 saturated heterocycles. The number of H-pyrrole nitrogens is 1. The fourth-order valence-corrected chi connectivity index (χ4v) is 0.583. The Hall–Kier alpha value is -2.06. The van der Waals surface area contributed by atoms with Crippen LogP contribution in [0.15, 0.2) is 0 Å². The minimum Gasteiger partial charge on any atom is -0.366 e. The van der Waals surface area contributed by atoms with Gasteiger partial charge in [-0.05, 0) is 15.6 Å². The van der Waals surface area contributed by atoms with E-state index in [1.54, 1.807) is 0 Å². The molecule has 0 aromatic carbocycles. The van der Waals surface area contributed by atoms with E-state index in [1.165, 1.54) is 0 Å². The van der Waals surface area contributed by atoms with Gasteiger partial charge < -0.3 is 5.73 Å². The molecule has 9 heteroatoms. The molecule has 11 heavy (non-hydrogen) atoms. The average Bonchev–Trinajstić information content (AvgIpc) is 2.55. The lowest BCUT2D eigenvalue weighted by Crippen LogP contribution is -2.04. The number of hydrogen-bond acceptors (Lipinski definition) is 7. The summed E-state index contributed by atoms with van der Waals surface area (Å²) in [6.07, 6.45) is 0. The van der Waals surface area contributed by atoms with Gasteiger partial charge in [-0.25, -0.2) is 0 Å². The highest BCUT2D eigenvalue weighted by Crippen LogP contribution is 1.97. The predicted octanol–water partition coefficient (Wildman–Crippen LogP) is -2.24. The van der Waals surface area contributed by atoms with Crippen molar-refractivity contribution in [2.75, 3.05) is 5.73 Å². The third-order valence-corrected chi connectivity index (χ3v) is 1.02. The van der Waals surface area contributed by atoms with E-state index >= 15 is 0 Å². The van der Waals surface area contributed by atoms with Gasteiger partial charge in [0, 0.05) is 0 Å². The van der Waals surface area contributed by atoms with Crippen LogP contribution in [0.5, 0.6) is 0 Å². The Morgan fingerprint density at radius 1 is 1.36 bits per heavy atom. The number of rotatable bonds is 1. The van der Waals surface area contributed by atoms with Crippen LogP contribution in [0.2, 0.25) is 0 Å². The summed E-state index contributed by atoms with van der Waals surface area (Å²) in [5.74, 6) is 0.332. The molecule has 2 rings (SSSR count). The van der Waals surface area contributed by atoms with Crippen LogP contribution in [0.1, 0.15) is 0 Å². The highest BCUT2D eigenvalue weighted by molar-refractivity contribution is 5.20. The fraction of sp³-hybridized carbons (Fsp3) is 0. The molecule has 0 aliphatic carbocycles. The summed E-state index contributed by atoms with van der Waals surface area (Å²) in [7, 11) is 0. The molecule has 0 spiro atoms. The second-order valence-electron chi connectivity index (χ2n) is 1.66. The average molecular weight is 153 g/mol. The Labute approximate surface area is 59.6 Å². The number of nitrogens with two attached hydrogens (primary N) is 1. The number of aromatic amines is 1. The summed E-state index contributed by atoms with van der Waals surface area (Å²) >= 11 is 0. The first kappa shape index (κ1) is 5.70. The molecule has 2 heterocycles. The first-order chi connectivity index (χ1) is 5.38. The zero-order valence-corrected chi connectivity index (χ0v) is 5.21. The largest absolute Gasteiger partial charge is 0.366 e. The van der Waals surface area contributed by atoms with Crippen molar-refractivity contribution in [3.05, 3.63) is 0 Å². The maximum Gasteiger partial charge on any atom is 0.294 e. The van der Waals surface area contributed by atoms with Gasteiger partial charge in [0.05, 0.1) is 0 Å². The van der Waals surface area contributed by atoms with E-state index in [-0.39, 0.29) is 11.9 Å². The zero-order chi connectivity index (χ0) is 7.68. The third kappa shape index (κ3) is 0.781. The SMILES string of the molecule is Nc1nnnn1-c1nn[nH]n1. The molecule has 3 N–H and O–H groups in total. The molecule has 56 valence electrons. The van der Waals surface area contributed by atoms with Crippen molar-refractivity contribution in [1.29, 1.82) is 0 Å². The summed E-state index contributed by atoms with van der Waals surface area (Å²) in [6.45, 7) is 0. The molecule has 0 aliphatic heterocycles. The van der Waals surface area contributed by atoms with Crippen LogP contribution < -0.4 is 5.73 Å². The molecule has 0 atom stereocenters. The van der Waals surface area contributed by atoms with E-state index in [0.29, 0.717) is 0 Å². The van der Waals surface area contributed by atoms with Gasteiger partial charge in [0.15, 0.2) is 0 Å². The van der Waals surface area contributed by atoms with Crippen molar-refractivity contribution < 1.29 is 0 Å². The second-order valence-corrected chi connectivity index (χ2v) is 1.66. The molecule has 9 nitrogen and oxygen atoms in total. The van der Waals surface area contributed by atoms with Gasteiger partial charge in [-0.2, -0.15) is 5.21 Å². The Morgan fingerprint density at radius 2 is 2.27 bits per heavy atom. The molecule has 0 radical (unpaired) electrons. The van der Waals surface area contributed by atoms with E-state index in [1.807, 2.05) is 0 Å². The number of aromatic nitrogens is 8. The van der Waals surface area contributed by atoms with Crippen molar-refractivity contribution in [3.63, 3.8) is 0 Å². The molecule has 0 unspecified atom stereocenters. The number of hydrogen-bond donors (Lipinski definition) is 2. The van der Waals surface area contributed by atoms with Crippen LogP contribution >= 0.6 is 0 Å². The van der Waals surface area contributed by atoms with Crippen molar-refractivity contribution in [1.82, 2.24) is 40.8 Å². The summed E-state index contributed by atoms with van der Waals surface area (Å²) in [5.41, 5.74) is 5.34. The van der Waals surface area contributed by atoms with E-state index in [0.717, 1.165) is 4.68 Å². The lowest BCUT2D eigenvalue weighted by Gasteiger charge is -1.88. The summed E-state index contributed by atoms with van der Waals surface area (Å²) in [5, 5.41) is 23.0. The van der Waals surface area contributed by atoms with Crippen LogP contribution in [-0.4, -0.2) is 40.8 Å². The van der Waals surface area contributed by atoms with Gasteiger partial charge in [0.2, 0.25) is 5.95 Å². The molecule has 0 bridgehead atoms. The summed E-state index contributed by atoms with van der Waals surface area (Å²) in [6, 6.07) is 0. The molecule has 0 aliphatic rings. The summed E-state index contributed by atoms with van der Waals surface area (Å²) < 4.78 is 1.16. The normalized spacial score (nSPS) is 10.2. The number of nitrogens with zero attached hydrogens (tertiary/aromatic N) is 7. The van der Waals surface area contributed by atoms with Crippen LogP contribution in [-0.2, 0) is 0 Å². The topological polar surface area (TPSA) is 124 Å². The number of anilines is 1. The van der Waals surface area contributed by atoms with E-state index in [2.05, 4.69) is 36.1 Å². The standard InChI is InChI=1S/C2H3N9/c3-1-4-9-10-11(1)2-5-7-8-6-2/h(H2,3,4,10)(H,5,6,7,8). The lowest BCUT2D eigenvalue weighted by atomic mass is 10.9. The second kappa shape index (κ2) is 1.97.